The molecule has 0 aromatic heterocycles. The zero-order chi connectivity index (χ0) is 20.0. The first-order valence-corrected chi connectivity index (χ1v) is 9.50. The lowest BCUT2D eigenvalue weighted by atomic mass is 9.80. The van der Waals surface area contributed by atoms with Crippen LogP contribution in [-0.2, 0) is 23.9 Å². The van der Waals surface area contributed by atoms with Crippen molar-refractivity contribution in [3.05, 3.63) is 22.8 Å². The molecule has 5 nitrogen and oxygen atoms in total. The molecular formula is C20H26F2O5. The molecule has 27 heavy (non-hydrogen) atoms. The summed E-state index contributed by atoms with van der Waals surface area (Å²) in [5.41, 5.74) is -0.571. The highest BCUT2D eigenvalue weighted by molar-refractivity contribution is 6.02. The zero-order valence-corrected chi connectivity index (χ0v) is 15.8. The molecule has 2 rings (SSSR count). The first kappa shape index (κ1) is 21.3. The number of ketones is 1. The van der Waals surface area contributed by atoms with Gasteiger partial charge in [-0.2, -0.15) is 8.78 Å². The Kier molecular flexibility index (Phi) is 7.27. The molecule has 1 saturated carbocycles. The smallest absolute Gasteiger partial charge is 0.334 e. The van der Waals surface area contributed by atoms with Crippen LogP contribution < -0.4 is 0 Å². The minimum Gasteiger partial charge on any atom is -0.463 e. The van der Waals surface area contributed by atoms with Gasteiger partial charge in [-0.1, -0.05) is 25.3 Å². The van der Waals surface area contributed by atoms with Gasteiger partial charge in [-0.05, 0) is 33.1 Å². The van der Waals surface area contributed by atoms with Gasteiger partial charge in [0.25, 0.3) is 0 Å². The van der Waals surface area contributed by atoms with Crippen molar-refractivity contribution in [2.75, 3.05) is 13.2 Å². The van der Waals surface area contributed by atoms with Crippen LogP contribution in [0.15, 0.2) is 22.8 Å². The maximum absolute atomic E-state index is 14.9. The Balaban J connectivity index is 2.25. The Morgan fingerprint density at radius 1 is 1.00 bits per heavy atom. The average Bonchev–Trinajstić information content (AvgIpc) is 2.68. The highest BCUT2D eigenvalue weighted by Crippen LogP contribution is 2.40. The molecule has 2 aliphatic carbocycles. The quantitative estimate of drug-likeness (QED) is 0.492. The van der Waals surface area contributed by atoms with Gasteiger partial charge in [0.1, 0.15) is 0 Å². The first-order chi connectivity index (χ1) is 12.8. The van der Waals surface area contributed by atoms with Crippen LogP contribution in [0.3, 0.4) is 0 Å². The molecule has 7 heteroatoms. The molecule has 0 unspecified atom stereocenters. The second kappa shape index (κ2) is 9.24. The third kappa shape index (κ3) is 4.82. The Bertz CT molecular complexity index is 657. The molecule has 0 radical (unpaired) electrons. The normalized spacial score (nSPS) is 18.7. The van der Waals surface area contributed by atoms with E-state index in [4.69, 9.17) is 9.47 Å². The molecule has 0 saturated heterocycles. The number of hydrogen-bond donors (Lipinski definition) is 0. The molecule has 0 bridgehead atoms. The van der Waals surface area contributed by atoms with E-state index in [1.807, 2.05) is 0 Å². The summed E-state index contributed by atoms with van der Waals surface area (Å²) in [7, 11) is 0. The van der Waals surface area contributed by atoms with Gasteiger partial charge in [0.15, 0.2) is 0 Å². The van der Waals surface area contributed by atoms with Crippen LogP contribution >= 0.6 is 0 Å². The standard InChI is InChI=1S/C20H26F2O5/c1-3-26-18(24)15-11-10-14(12-16(15)19(25)27-4-2)20(21,22)17(23)13-8-6-5-7-9-13/h10,13H,3-9,11-12H2,1-2H3. The van der Waals surface area contributed by atoms with Gasteiger partial charge in [0, 0.05) is 17.9 Å². The highest BCUT2D eigenvalue weighted by atomic mass is 19.3. The lowest BCUT2D eigenvalue weighted by Gasteiger charge is -2.28. The molecule has 150 valence electrons. The van der Waals surface area contributed by atoms with Crippen LogP contribution in [0.5, 0.6) is 0 Å². The van der Waals surface area contributed by atoms with Crippen molar-refractivity contribution in [3.8, 4) is 0 Å². The third-order valence-corrected chi connectivity index (χ3v) is 5.02. The summed E-state index contributed by atoms with van der Waals surface area (Å²) >= 11 is 0. The number of esters is 2. The van der Waals surface area contributed by atoms with E-state index in [1.165, 1.54) is 6.08 Å². The average molecular weight is 384 g/mol. The number of alkyl halides is 2. The molecule has 2 aliphatic rings. The van der Waals surface area contributed by atoms with Gasteiger partial charge in [0.05, 0.1) is 24.4 Å². The van der Waals surface area contributed by atoms with Crippen molar-refractivity contribution >= 4 is 17.7 Å². The van der Waals surface area contributed by atoms with Crippen LogP contribution in [0, 0.1) is 5.92 Å². The molecule has 0 aromatic rings. The Labute approximate surface area is 157 Å². The number of halogens is 2. The number of rotatable bonds is 7. The van der Waals surface area contributed by atoms with E-state index in [-0.39, 0.29) is 30.8 Å². The molecule has 0 amide bonds. The molecular weight excluding hydrogens is 358 g/mol. The number of carbonyl (C=O) groups excluding carboxylic acids is 3. The van der Waals surface area contributed by atoms with E-state index in [2.05, 4.69) is 0 Å². The van der Waals surface area contributed by atoms with Crippen LogP contribution in [0.2, 0.25) is 0 Å². The summed E-state index contributed by atoms with van der Waals surface area (Å²) in [5, 5.41) is 0. The van der Waals surface area contributed by atoms with Gasteiger partial charge in [0.2, 0.25) is 5.78 Å². The van der Waals surface area contributed by atoms with Gasteiger partial charge in [-0.25, -0.2) is 9.59 Å². The number of allylic oxidation sites excluding steroid dienone is 2. The monoisotopic (exact) mass is 384 g/mol. The van der Waals surface area contributed by atoms with E-state index in [0.29, 0.717) is 12.8 Å². The molecule has 1 fully saturated rings. The number of ether oxygens (including phenoxy) is 2. The maximum atomic E-state index is 14.9. The SMILES string of the molecule is CCOC(=O)C1=C(C(=O)OCC)CC(C(F)(F)C(=O)C2CCCCC2)=CC1. The van der Waals surface area contributed by atoms with Gasteiger partial charge >= 0.3 is 17.9 Å². The lowest BCUT2D eigenvalue weighted by molar-refractivity contribution is -0.144. The predicted molar refractivity (Wildman–Crippen MR) is 94.1 cm³/mol. The summed E-state index contributed by atoms with van der Waals surface area (Å²) in [5.74, 6) is -6.95. The van der Waals surface area contributed by atoms with E-state index < -0.39 is 41.6 Å². The van der Waals surface area contributed by atoms with Crippen LogP contribution in [0.4, 0.5) is 8.78 Å². The fourth-order valence-electron chi connectivity index (χ4n) is 3.57. The number of hydrogen-bond acceptors (Lipinski definition) is 5. The van der Waals surface area contributed by atoms with Gasteiger partial charge < -0.3 is 9.47 Å². The van der Waals surface area contributed by atoms with E-state index in [9.17, 15) is 23.2 Å². The van der Waals surface area contributed by atoms with E-state index >= 15 is 0 Å². The van der Waals surface area contributed by atoms with Gasteiger partial charge in [-0.3, -0.25) is 4.79 Å². The summed E-state index contributed by atoms with van der Waals surface area (Å²) in [6.45, 7) is 3.35. The van der Waals surface area contributed by atoms with Crippen LogP contribution in [0.25, 0.3) is 0 Å². The summed E-state index contributed by atoms with van der Waals surface area (Å²) in [6.07, 6.45) is 3.94. The Morgan fingerprint density at radius 3 is 2.11 bits per heavy atom. The first-order valence-electron chi connectivity index (χ1n) is 9.50. The third-order valence-electron chi connectivity index (χ3n) is 5.02. The van der Waals surface area contributed by atoms with E-state index in [1.54, 1.807) is 13.8 Å². The molecule has 0 aliphatic heterocycles. The highest BCUT2D eigenvalue weighted by Gasteiger charge is 2.47. The van der Waals surface area contributed by atoms with Crippen molar-refractivity contribution in [1.82, 2.24) is 0 Å². The minimum atomic E-state index is -3.65. The maximum Gasteiger partial charge on any atom is 0.334 e. The van der Waals surface area contributed by atoms with Crippen LogP contribution in [0.1, 0.15) is 58.8 Å². The van der Waals surface area contributed by atoms with Crippen molar-refractivity contribution in [3.63, 3.8) is 0 Å². The molecule has 0 atom stereocenters. The minimum absolute atomic E-state index is 0.0139. The fraction of sp³-hybridized carbons (Fsp3) is 0.650. The topological polar surface area (TPSA) is 69.7 Å². The summed E-state index contributed by atoms with van der Waals surface area (Å²) in [4.78, 5) is 36.7. The molecule has 0 aromatic carbocycles. The lowest BCUT2D eigenvalue weighted by Crippen LogP contribution is -2.38. The second-order valence-electron chi connectivity index (χ2n) is 6.78. The van der Waals surface area contributed by atoms with Crippen molar-refractivity contribution < 1.29 is 32.6 Å². The predicted octanol–water partition coefficient (Wildman–Crippen LogP) is 3.91. The fourth-order valence-corrected chi connectivity index (χ4v) is 3.57. The summed E-state index contributed by atoms with van der Waals surface area (Å²) < 4.78 is 39.6. The summed E-state index contributed by atoms with van der Waals surface area (Å²) in [6, 6.07) is 0. The zero-order valence-electron chi connectivity index (χ0n) is 15.8. The van der Waals surface area contributed by atoms with Crippen molar-refractivity contribution in [2.45, 2.75) is 64.7 Å². The largest absolute Gasteiger partial charge is 0.463 e. The molecule has 0 N–H and O–H groups in total. The molecule has 0 heterocycles. The molecule has 0 spiro atoms. The van der Waals surface area contributed by atoms with Crippen molar-refractivity contribution in [1.29, 1.82) is 0 Å². The van der Waals surface area contributed by atoms with E-state index in [0.717, 1.165) is 19.3 Å². The number of carbonyl (C=O) groups is 3. The number of Topliss-reactive ketones (excluding diaryl/α,β-unsaturated/α-hetero) is 1. The van der Waals surface area contributed by atoms with Crippen molar-refractivity contribution in [2.24, 2.45) is 5.92 Å². The second-order valence-corrected chi connectivity index (χ2v) is 6.78. The Morgan fingerprint density at radius 2 is 1.56 bits per heavy atom. The Hall–Kier alpha value is -2.05. The van der Waals surface area contributed by atoms with Gasteiger partial charge in [-0.15, -0.1) is 0 Å². The van der Waals surface area contributed by atoms with Crippen LogP contribution in [-0.4, -0.2) is 36.9 Å².